The lowest BCUT2D eigenvalue weighted by atomic mass is 10.3. The molecule has 3 nitrogen and oxygen atoms in total. The summed E-state index contributed by atoms with van der Waals surface area (Å²) in [5.74, 6) is 0. The van der Waals surface area contributed by atoms with Crippen LogP contribution in [0.4, 0.5) is 0 Å². The van der Waals surface area contributed by atoms with Gasteiger partial charge in [-0.2, -0.15) is 4.40 Å². The molecule has 0 amide bonds. The predicted octanol–water partition coefficient (Wildman–Crippen LogP) is 2.07. The van der Waals surface area contributed by atoms with E-state index in [2.05, 4.69) is 4.40 Å². The Morgan fingerprint density at radius 2 is 2.17 bits per heavy atom. The topological polar surface area (TPSA) is 53.3 Å². The third-order valence-corrected chi connectivity index (χ3v) is 2.29. The predicted molar refractivity (Wildman–Crippen MR) is 54.1 cm³/mol. The Morgan fingerprint density at radius 3 is 2.58 bits per heavy atom. The molecule has 0 aliphatic rings. The molecule has 0 aromatic carbocycles. The molecule has 0 saturated carbocycles. The van der Waals surface area contributed by atoms with Gasteiger partial charge >= 0.3 is 0 Å². The fraction of sp³-hybridized carbons (Fsp3) is 0.500. The van der Waals surface area contributed by atoms with Crippen LogP contribution in [0.15, 0.2) is 15.4 Å². The zero-order valence-electron chi connectivity index (χ0n) is 7.63. The van der Waals surface area contributed by atoms with Crippen molar-refractivity contribution in [2.45, 2.75) is 27.2 Å². The summed E-state index contributed by atoms with van der Waals surface area (Å²) < 4.78 is 14.8. The van der Waals surface area contributed by atoms with Crippen LogP contribution < -0.4 is 0 Å². The van der Waals surface area contributed by atoms with E-state index in [4.69, 9.17) is 5.41 Å². The molecule has 1 atom stereocenters. The molecule has 0 spiro atoms. The molecule has 68 valence electrons. The Morgan fingerprint density at radius 1 is 1.58 bits per heavy atom. The molecule has 0 aromatic rings. The van der Waals surface area contributed by atoms with Crippen LogP contribution in [-0.2, 0) is 11.0 Å². The molecule has 1 unspecified atom stereocenters. The van der Waals surface area contributed by atoms with Gasteiger partial charge in [-0.1, -0.05) is 6.08 Å². The average Bonchev–Trinajstić information content (AvgIpc) is 2.00. The van der Waals surface area contributed by atoms with Crippen molar-refractivity contribution in [3.63, 3.8) is 0 Å². The Labute approximate surface area is 75.7 Å². The van der Waals surface area contributed by atoms with Gasteiger partial charge in [0, 0.05) is 23.3 Å². The summed E-state index contributed by atoms with van der Waals surface area (Å²) in [7, 11) is -1.25. The molecule has 0 aliphatic carbocycles. The molecule has 4 heteroatoms. The van der Waals surface area contributed by atoms with Gasteiger partial charge in [-0.15, -0.1) is 0 Å². The normalized spacial score (nSPS) is 15.1. The van der Waals surface area contributed by atoms with Crippen LogP contribution >= 0.6 is 0 Å². The van der Waals surface area contributed by atoms with E-state index in [1.54, 1.807) is 26.8 Å². The van der Waals surface area contributed by atoms with Gasteiger partial charge in [0.2, 0.25) is 0 Å². The highest BCUT2D eigenvalue weighted by Gasteiger charge is 1.97. The maximum atomic E-state index is 11.1. The molecule has 0 fully saturated rings. The lowest BCUT2D eigenvalue weighted by molar-refractivity contribution is 0.688. The number of nitrogens with one attached hydrogen (secondary N) is 1. The van der Waals surface area contributed by atoms with Gasteiger partial charge in [0.15, 0.2) is 11.0 Å². The van der Waals surface area contributed by atoms with Crippen molar-refractivity contribution in [3.8, 4) is 0 Å². The molecule has 0 rings (SSSR count). The van der Waals surface area contributed by atoms with Crippen molar-refractivity contribution >= 4 is 22.9 Å². The van der Waals surface area contributed by atoms with Crippen LogP contribution in [0, 0.1) is 5.41 Å². The Balaban J connectivity index is 4.17. The minimum Gasteiger partial charge on any atom is -0.310 e. The number of allylic oxidation sites excluding steroid dienone is 2. The highest BCUT2D eigenvalue weighted by atomic mass is 32.2. The fourth-order valence-electron chi connectivity index (χ4n) is 0.547. The van der Waals surface area contributed by atoms with Crippen LogP contribution in [0.25, 0.3) is 0 Å². The maximum absolute atomic E-state index is 11.1. The van der Waals surface area contributed by atoms with Gasteiger partial charge in [-0.05, 0) is 20.8 Å². The minimum absolute atomic E-state index is 0.552. The van der Waals surface area contributed by atoms with Gasteiger partial charge in [0.25, 0.3) is 0 Å². The Bertz CT molecular complexity index is 243. The van der Waals surface area contributed by atoms with Gasteiger partial charge in [0.1, 0.15) is 0 Å². The third-order valence-electron chi connectivity index (χ3n) is 1.17. The summed E-state index contributed by atoms with van der Waals surface area (Å²) in [6.45, 7) is 5.20. The SMILES string of the molecule is CC=NS(=O)/C(C)=C/CC(C)=N. The van der Waals surface area contributed by atoms with E-state index in [1.165, 1.54) is 6.21 Å². The van der Waals surface area contributed by atoms with Crippen LogP contribution in [0.3, 0.4) is 0 Å². The van der Waals surface area contributed by atoms with Gasteiger partial charge < -0.3 is 5.41 Å². The van der Waals surface area contributed by atoms with Gasteiger partial charge in [-0.3, -0.25) is 0 Å². The van der Waals surface area contributed by atoms with Crippen molar-refractivity contribution in [2.24, 2.45) is 4.40 Å². The van der Waals surface area contributed by atoms with Crippen molar-refractivity contribution in [3.05, 3.63) is 11.0 Å². The lowest BCUT2D eigenvalue weighted by Gasteiger charge is -1.94. The first-order valence-corrected chi connectivity index (χ1v) is 4.80. The van der Waals surface area contributed by atoms with E-state index in [1.807, 2.05) is 0 Å². The van der Waals surface area contributed by atoms with Gasteiger partial charge in [0.05, 0.1) is 0 Å². The van der Waals surface area contributed by atoms with Crippen molar-refractivity contribution in [2.75, 3.05) is 0 Å². The first-order chi connectivity index (χ1) is 5.57. The third kappa shape index (κ3) is 4.96. The second-order valence-electron chi connectivity index (χ2n) is 2.41. The van der Waals surface area contributed by atoms with E-state index < -0.39 is 11.0 Å². The Kier molecular flexibility index (Phi) is 5.45. The Hall–Kier alpha value is -0.770. The fourth-order valence-corrected chi connectivity index (χ4v) is 1.13. The highest BCUT2D eigenvalue weighted by Crippen LogP contribution is 2.03. The molecular formula is C8H14N2OS. The molecule has 0 aromatic heterocycles. The van der Waals surface area contributed by atoms with Crippen molar-refractivity contribution < 1.29 is 4.21 Å². The molecule has 1 N–H and O–H groups in total. The highest BCUT2D eigenvalue weighted by molar-refractivity contribution is 7.87. The second kappa shape index (κ2) is 5.83. The number of rotatable bonds is 4. The van der Waals surface area contributed by atoms with Crippen LogP contribution in [0.5, 0.6) is 0 Å². The second-order valence-corrected chi connectivity index (χ2v) is 3.77. The van der Waals surface area contributed by atoms with Crippen molar-refractivity contribution in [1.29, 1.82) is 5.41 Å². The molecule has 0 saturated heterocycles. The summed E-state index contributed by atoms with van der Waals surface area (Å²) in [5.41, 5.74) is 0.562. The summed E-state index contributed by atoms with van der Waals surface area (Å²) in [6, 6.07) is 0. The van der Waals surface area contributed by atoms with E-state index in [-0.39, 0.29) is 0 Å². The standard InChI is InChI=1S/C8H14N2OS/c1-4-10-12(11)8(3)6-5-7(2)9/h4,6,9H,5H2,1-3H3/b8-6+,9-7?,10-4?. The quantitative estimate of drug-likeness (QED) is 0.671. The average molecular weight is 186 g/mol. The number of nitrogens with zero attached hydrogens (tertiary/aromatic N) is 1. The lowest BCUT2D eigenvalue weighted by Crippen LogP contribution is -1.90. The van der Waals surface area contributed by atoms with Crippen LogP contribution in [0.2, 0.25) is 0 Å². The minimum atomic E-state index is -1.25. The van der Waals surface area contributed by atoms with Crippen molar-refractivity contribution in [1.82, 2.24) is 0 Å². The summed E-state index contributed by atoms with van der Waals surface area (Å²) >= 11 is 0. The smallest absolute Gasteiger partial charge is 0.167 e. The largest absolute Gasteiger partial charge is 0.310 e. The monoisotopic (exact) mass is 186 g/mol. The summed E-state index contributed by atoms with van der Waals surface area (Å²) in [4.78, 5) is 0.708. The molecule has 0 radical (unpaired) electrons. The molecule has 0 aliphatic heterocycles. The zero-order chi connectivity index (χ0) is 9.56. The van der Waals surface area contributed by atoms with E-state index in [0.29, 0.717) is 17.0 Å². The molecule has 0 heterocycles. The van der Waals surface area contributed by atoms with E-state index in [0.717, 1.165) is 0 Å². The molecule has 12 heavy (non-hydrogen) atoms. The molecule has 0 bridgehead atoms. The first-order valence-electron chi connectivity index (χ1n) is 3.69. The van der Waals surface area contributed by atoms with Crippen LogP contribution in [-0.4, -0.2) is 16.1 Å². The first kappa shape index (κ1) is 11.2. The van der Waals surface area contributed by atoms with E-state index >= 15 is 0 Å². The maximum Gasteiger partial charge on any atom is 0.167 e. The molecular weight excluding hydrogens is 172 g/mol. The van der Waals surface area contributed by atoms with Crippen LogP contribution in [0.1, 0.15) is 27.2 Å². The number of hydrogen-bond acceptors (Lipinski definition) is 2. The summed E-state index contributed by atoms with van der Waals surface area (Å²) in [5, 5.41) is 7.15. The number of hydrogen-bond donors (Lipinski definition) is 1. The summed E-state index contributed by atoms with van der Waals surface area (Å²) in [6.07, 6.45) is 3.84. The van der Waals surface area contributed by atoms with Gasteiger partial charge in [-0.25, -0.2) is 4.21 Å². The van der Waals surface area contributed by atoms with E-state index in [9.17, 15) is 4.21 Å². The zero-order valence-corrected chi connectivity index (χ0v) is 8.44.